The SMILES string of the molecule is CCOC(=O)c1cnc(-c2ccc(C)c(F)c2)nc1Cl. The summed E-state index contributed by atoms with van der Waals surface area (Å²) in [5, 5.41) is -0.0190. The molecule has 0 saturated carbocycles. The molecule has 0 unspecified atom stereocenters. The second-order valence-corrected chi connectivity index (χ2v) is 4.44. The van der Waals surface area contributed by atoms with E-state index in [4.69, 9.17) is 16.3 Å². The summed E-state index contributed by atoms with van der Waals surface area (Å²) in [7, 11) is 0. The number of carbonyl (C=O) groups excluding carboxylic acids is 1. The quantitative estimate of drug-likeness (QED) is 0.643. The van der Waals surface area contributed by atoms with E-state index in [1.807, 2.05) is 0 Å². The van der Waals surface area contributed by atoms with E-state index in [9.17, 15) is 9.18 Å². The zero-order valence-electron chi connectivity index (χ0n) is 11.0. The highest BCUT2D eigenvalue weighted by atomic mass is 35.5. The number of rotatable bonds is 3. The Kier molecular flexibility index (Phi) is 4.29. The molecule has 1 aromatic carbocycles. The minimum Gasteiger partial charge on any atom is -0.462 e. The van der Waals surface area contributed by atoms with Gasteiger partial charge in [-0.25, -0.2) is 19.2 Å². The lowest BCUT2D eigenvalue weighted by molar-refractivity contribution is 0.0525. The first kappa shape index (κ1) is 14.4. The molecule has 0 fully saturated rings. The van der Waals surface area contributed by atoms with Crippen molar-refractivity contribution in [3.63, 3.8) is 0 Å². The number of hydrogen-bond donors (Lipinski definition) is 0. The first-order valence-corrected chi connectivity index (χ1v) is 6.37. The van der Waals surface area contributed by atoms with Crippen LogP contribution in [-0.4, -0.2) is 22.5 Å². The Morgan fingerprint density at radius 1 is 1.45 bits per heavy atom. The van der Waals surface area contributed by atoms with Crippen molar-refractivity contribution in [2.45, 2.75) is 13.8 Å². The van der Waals surface area contributed by atoms with Gasteiger partial charge in [0, 0.05) is 11.8 Å². The second-order valence-electron chi connectivity index (χ2n) is 4.08. The Morgan fingerprint density at radius 3 is 2.80 bits per heavy atom. The predicted molar refractivity (Wildman–Crippen MR) is 73.1 cm³/mol. The Labute approximate surface area is 120 Å². The number of aromatic nitrogens is 2. The van der Waals surface area contributed by atoms with Gasteiger partial charge in [-0.1, -0.05) is 23.7 Å². The first-order chi connectivity index (χ1) is 9.52. The highest BCUT2D eigenvalue weighted by Gasteiger charge is 2.15. The monoisotopic (exact) mass is 294 g/mol. The lowest BCUT2D eigenvalue weighted by Crippen LogP contribution is -2.07. The molecular weight excluding hydrogens is 283 g/mol. The molecule has 0 spiro atoms. The highest BCUT2D eigenvalue weighted by Crippen LogP contribution is 2.21. The van der Waals surface area contributed by atoms with Crippen LogP contribution in [-0.2, 0) is 4.74 Å². The molecule has 0 radical (unpaired) electrons. The normalized spacial score (nSPS) is 10.4. The Hall–Kier alpha value is -2.01. The van der Waals surface area contributed by atoms with E-state index in [1.54, 1.807) is 26.0 Å². The standard InChI is InChI=1S/C14H12ClFN2O2/c1-3-20-14(19)10-7-17-13(18-12(10)15)9-5-4-8(2)11(16)6-9/h4-7H,3H2,1-2H3. The number of esters is 1. The lowest BCUT2D eigenvalue weighted by atomic mass is 10.1. The van der Waals surface area contributed by atoms with Gasteiger partial charge in [-0.2, -0.15) is 0 Å². The van der Waals surface area contributed by atoms with Crippen LogP contribution in [0.3, 0.4) is 0 Å². The molecule has 2 aromatic rings. The second kappa shape index (κ2) is 5.96. The minimum absolute atomic E-state index is 0.0190. The summed E-state index contributed by atoms with van der Waals surface area (Å²) < 4.78 is 18.3. The lowest BCUT2D eigenvalue weighted by Gasteiger charge is -2.06. The predicted octanol–water partition coefficient (Wildman–Crippen LogP) is 3.42. The number of aryl methyl sites for hydroxylation is 1. The van der Waals surface area contributed by atoms with E-state index >= 15 is 0 Å². The van der Waals surface area contributed by atoms with Crippen LogP contribution in [0.25, 0.3) is 11.4 Å². The van der Waals surface area contributed by atoms with Crippen molar-refractivity contribution in [3.8, 4) is 11.4 Å². The average molecular weight is 295 g/mol. The zero-order valence-corrected chi connectivity index (χ0v) is 11.7. The van der Waals surface area contributed by atoms with Crippen molar-refractivity contribution in [3.05, 3.63) is 46.5 Å². The van der Waals surface area contributed by atoms with Crippen LogP contribution < -0.4 is 0 Å². The summed E-state index contributed by atoms with van der Waals surface area (Å²) >= 11 is 5.94. The van der Waals surface area contributed by atoms with Gasteiger partial charge in [-0.15, -0.1) is 0 Å². The third-order valence-corrected chi connectivity index (χ3v) is 2.96. The molecule has 0 N–H and O–H groups in total. The van der Waals surface area contributed by atoms with Gasteiger partial charge in [-0.3, -0.25) is 0 Å². The number of ether oxygens (including phenoxy) is 1. The molecule has 0 saturated heterocycles. The van der Waals surface area contributed by atoms with E-state index in [0.717, 1.165) is 0 Å². The van der Waals surface area contributed by atoms with Gasteiger partial charge < -0.3 is 4.74 Å². The van der Waals surface area contributed by atoms with Gasteiger partial charge >= 0.3 is 5.97 Å². The summed E-state index contributed by atoms with van der Waals surface area (Å²) in [6.45, 7) is 3.59. The van der Waals surface area contributed by atoms with Crippen molar-refractivity contribution >= 4 is 17.6 Å². The fourth-order valence-corrected chi connectivity index (χ4v) is 1.78. The van der Waals surface area contributed by atoms with Gasteiger partial charge in [0.15, 0.2) is 5.82 Å². The zero-order chi connectivity index (χ0) is 14.7. The molecule has 0 bridgehead atoms. The number of hydrogen-bond acceptors (Lipinski definition) is 4. The molecule has 0 aliphatic heterocycles. The van der Waals surface area contributed by atoms with Gasteiger partial charge in [0.05, 0.1) is 6.61 Å². The molecule has 0 amide bonds. The van der Waals surface area contributed by atoms with Crippen LogP contribution in [0.15, 0.2) is 24.4 Å². The first-order valence-electron chi connectivity index (χ1n) is 5.99. The van der Waals surface area contributed by atoms with Crippen molar-refractivity contribution < 1.29 is 13.9 Å². The number of nitrogens with zero attached hydrogens (tertiary/aromatic N) is 2. The smallest absolute Gasteiger partial charge is 0.342 e. The van der Waals surface area contributed by atoms with Gasteiger partial charge in [0.25, 0.3) is 0 Å². The molecule has 1 aromatic heterocycles. The molecule has 1 heterocycles. The van der Waals surface area contributed by atoms with Crippen LogP contribution in [0, 0.1) is 12.7 Å². The van der Waals surface area contributed by atoms with Crippen LogP contribution in [0.1, 0.15) is 22.8 Å². The van der Waals surface area contributed by atoms with Crippen molar-refractivity contribution in [1.29, 1.82) is 0 Å². The molecule has 0 aliphatic carbocycles. The van der Waals surface area contributed by atoms with Crippen LogP contribution in [0.5, 0.6) is 0 Å². The summed E-state index contributed by atoms with van der Waals surface area (Å²) in [5.74, 6) is -0.683. The average Bonchev–Trinajstić information content (AvgIpc) is 2.42. The molecule has 20 heavy (non-hydrogen) atoms. The Balaban J connectivity index is 2.37. The highest BCUT2D eigenvalue weighted by molar-refractivity contribution is 6.32. The number of benzene rings is 1. The Morgan fingerprint density at radius 2 is 2.20 bits per heavy atom. The fourth-order valence-electron chi connectivity index (χ4n) is 1.58. The summed E-state index contributed by atoms with van der Waals surface area (Å²) in [4.78, 5) is 19.6. The maximum absolute atomic E-state index is 13.5. The van der Waals surface area contributed by atoms with Crippen LogP contribution >= 0.6 is 11.6 Å². The minimum atomic E-state index is -0.584. The third kappa shape index (κ3) is 2.93. The molecule has 6 heteroatoms. The van der Waals surface area contributed by atoms with E-state index in [1.165, 1.54) is 12.3 Å². The largest absolute Gasteiger partial charge is 0.462 e. The van der Waals surface area contributed by atoms with E-state index < -0.39 is 5.97 Å². The van der Waals surface area contributed by atoms with Crippen molar-refractivity contribution in [2.24, 2.45) is 0 Å². The molecule has 0 atom stereocenters. The molecule has 2 rings (SSSR count). The molecule has 4 nitrogen and oxygen atoms in total. The van der Waals surface area contributed by atoms with E-state index in [0.29, 0.717) is 11.1 Å². The van der Waals surface area contributed by atoms with Gasteiger partial charge in [0.1, 0.15) is 16.5 Å². The van der Waals surface area contributed by atoms with E-state index in [-0.39, 0.29) is 29.0 Å². The van der Waals surface area contributed by atoms with Crippen LogP contribution in [0.2, 0.25) is 5.15 Å². The molecule has 0 aliphatic rings. The maximum Gasteiger partial charge on any atom is 0.342 e. The number of halogens is 2. The van der Waals surface area contributed by atoms with Gasteiger partial charge in [-0.05, 0) is 25.5 Å². The third-order valence-electron chi connectivity index (χ3n) is 2.67. The summed E-state index contributed by atoms with van der Waals surface area (Å²) in [5.41, 5.74) is 1.11. The topological polar surface area (TPSA) is 52.1 Å². The van der Waals surface area contributed by atoms with Crippen molar-refractivity contribution in [2.75, 3.05) is 6.61 Å². The maximum atomic E-state index is 13.5. The van der Waals surface area contributed by atoms with E-state index in [2.05, 4.69) is 9.97 Å². The fraction of sp³-hybridized carbons (Fsp3) is 0.214. The molecular formula is C14H12ClFN2O2. The summed E-state index contributed by atoms with van der Waals surface area (Å²) in [6, 6.07) is 4.64. The Bertz CT molecular complexity index is 662. The molecule has 104 valence electrons. The summed E-state index contributed by atoms with van der Waals surface area (Å²) in [6.07, 6.45) is 1.28. The number of carbonyl (C=O) groups is 1. The van der Waals surface area contributed by atoms with Crippen LogP contribution in [0.4, 0.5) is 4.39 Å². The van der Waals surface area contributed by atoms with Crippen molar-refractivity contribution in [1.82, 2.24) is 9.97 Å². The van der Waals surface area contributed by atoms with Gasteiger partial charge in [0.2, 0.25) is 0 Å².